The summed E-state index contributed by atoms with van der Waals surface area (Å²) >= 11 is 1.40. The molecule has 0 saturated carbocycles. The minimum atomic E-state index is -0.368. The number of carbonyl (C=O) groups excluding carboxylic acids is 1. The van der Waals surface area contributed by atoms with Gasteiger partial charge in [-0.3, -0.25) is 9.48 Å². The minimum Gasteiger partial charge on any atom is -0.366 e. The zero-order valence-corrected chi connectivity index (χ0v) is 20.6. The Morgan fingerprint density at radius 2 is 2.14 bits per heavy atom. The summed E-state index contributed by atoms with van der Waals surface area (Å²) in [5, 5.41) is 13.2. The van der Waals surface area contributed by atoms with Crippen LogP contribution >= 0.6 is 11.3 Å². The van der Waals surface area contributed by atoms with Crippen LogP contribution in [0.3, 0.4) is 0 Å². The second-order valence-corrected chi connectivity index (χ2v) is 10.3. The van der Waals surface area contributed by atoms with Gasteiger partial charge in [0.2, 0.25) is 0 Å². The van der Waals surface area contributed by atoms with Gasteiger partial charge in [0.25, 0.3) is 5.91 Å². The molecule has 186 valence electrons. The van der Waals surface area contributed by atoms with Crippen molar-refractivity contribution in [2.75, 3.05) is 36.4 Å². The number of carbonyl (C=O) groups is 1. The van der Waals surface area contributed by atoms with E-state index in [2.05, 4.69) is 20.7 Å². The van der Waals surface area contributed by atoms with Crippen LogP contribution in [0.4, 0.5) is 15.8 Å². The number of hydrogen-bond acceptors (Lipinski definition) is 7. The molecule has 8 nitrogen and oxygen atoms in total. The Bertz CT molecular complexity index is 1160. The summed E-state index contributed by atoms with van der Waals surface area (Å²) in [4.78, 5) is 19.4. The van der Waals surface area contributed by atoms with Crippen molar-refractivity contribution in [3.63, 3.8) is 0 Å². The van der Waals surface area contributed by atoms with Gasteiger partial charge in [0.05, 0.1) is 17.6 Å². The number of nitrogens with one attached hydrogen (secondary N) is 2. The number of rotatable bonds is 7. The lowest BCUT2D eigenvalue weighted by atomic mass is 9.95. The molecule has 1 aromatic carbocycles. The molecule has 0 aliphatic carbocycles. The van der Waals surface area contributed by atoms with Crippen molar-refractivity contribution in [2.24, 2.45) is 11.7 Å². The highest BCUT2D eigenvalue weighted by atomic mass is 32.1. The largest absolute Gasteiger partial charge is 0.366 e. The van der Waals surface area contributed by atoms with E-state index in [-0.39, 0.29) is 17.8 Å². The lowest BCUT2D eigenvalue weighted by Gasteiger charge is -2.34. The second kappa shape index (κ2) is 10.8. The Labute approximate surface area is 208 Å². The lowest BCUT2D eigenvalue weighted by molar-refractivity contribution is 0.102. The Hall–Kier alpha value is -2.82. The van der Waals surface area contributed by atoms with Crippen molar-refractivity contribution in [3.8, 4) is 10.6 Å². The molecule has 4 heterocycles. The van der Waals surface area contributed by atoms with Crippen molar-refractivity contribution in [3.05, 3.63) is 47.5 Å². The van der Waals surface area contributed by atoms with Gasteiger partial charge in [0, 0.05) is 42.8 Å². The summed E-state index contributed by atoms with van der Waals surface area (Å²) in [6.07, 6.45) is 9.16. The molecule has 2 aromatic heterocycles. The molecule has 0 bridgehead atoms. The zero-order valence-electron chi connectivity index (χ0n) is 19.8. The van der Waals surface area contributed by atoms with Gasteiger partial charge < -0.3 is 21.3 Å². The van der Waals surface area contributed by atoms with Crippen LogP contribution in [0.15, 0.2) is 36.0 Å². The van der Waals surface area contributed by atoms with Gasteiger partial charge in [0.15, 0.2) is 0 Å². The number of aryl methyl sites for hydroxylation is 1. The number of piperidine rings is 2. The van der Waals surface area contributed by atoms with E-state index in [1.165, 1.54) is 30.2 Å². The van der Waals surface area contributed by atoms with Crippen molar-refractivity contribution in [2.45, 2.75) is 44.7 Å². The molecule has 2 fully saturated rings. The van der Waals surface area contributed by atoms with E-state index in [0.29, 0.717) is 30.2 Å². The van der Waals surface area contributed by atoms with Gasteiger partial charge >= 0.3 is 0 Å². The predicted octanol–water partition coefficient (Wildman–Crippen LogP) is 3.72. The molecule has 35 heavy (non-hydrogen) atoms. The SMILES string of the molecule is N[C@@H]1CCCN(c2c(F)cccc2NC(=O)c2csc(-c3cnn(CCC4CCNCC4)c3)n2)C1. The minimum absolute atomic E-state index is 0.00593. The van der Waals surface area contributed by atoms with Gasteiger partial charge in [0.1, 0.15) is 16.5 Å². The highest BCUT2D eigenvalue weighted by molar-refractivity contribution is 7.13. The number of benzene rings is 1. The normalized spacial score (nSPS) is 19.1. The first-order chi connectivity index (χ1) is 17.1. The summed E-state index contributed by atoms with van der Waals surface area (Å²) in [6.45, 7) is 4.35. The average Bonchev–Trinajstić information content (AvgIpc) is 3.54. The molecule has 3 aromatic rings. The zero-order chi connectivity index (χ0) is 24.2. The number of hydrogen-bond donors (Lipinski definition) is 3. The summed E-state index contributed by atoms with van der Waals surface area (Å²) in [5.41, 5.74) is 8.13. The first-order valence-corrected chi connectivity index (χ1v) is 13.2. The fraction of sp³-hybridized carbons (Fsp3) is 0.480. The van der Waals surface area contributed by atoms with E-state index in [1.54, 1.807) is 23.7 Å². The molecular weight excluding hydrogens is 465 g/mol. The van der Waals surface area contributed by atoms with E-state index in [4.69, 9.17) is 5.73 Å². The van der Waals surface area contributed by atoms with Crippen LogP contribution in [0.5, 0.6) is 0 Å². The fourth-order valence-electron chi connectivity index (χ4n) is 4.93. The van der Waals surface area contributed by atoms with Crippen molar-refractivity contribution < 1.29 is 9.18 Å². The quantitative estimate of drug-likeness (QED) is 0.460. The Morgan fingerprint density at radius 3 is 2.97 bits per heavy atom. The molecule has 1 atom stereocenters. The van der Waals surface area contributed by atoms with E-state index in [9.17, 15) is 9.18 Å². The molecular formula is C25H32FN7OS. The maximum Gasteiger partial charge on any atom is 0.275 e. The number of halogens is 1. The molecule has 1 amide bonds. The third-order valence-electron chi connectivity index (χ3n) is 6.85. The van der Waals surface area contributed by atoms with Gasteiger partial charge in [-0.2, -0.15) is 5.10 Å². The third kappa shape index (κ3) is 5.71. The molecule has 2 aliphatic rings. The Balaban J connectivity index is 1.25. The molecule has 0 radical (unpaired) electrons. The molecule has 0 unspecified atom stereocenters. The van der Waals surface area contributed by atoms with Gasteiger partial charge in [-0.15, -0.1) is 11.3 Å². The van der Waals surface area contributed by atoms with Crippen LogP contribution in [-0.2, 0) is 6.54 Å². The van der Waals surface area contributed by atoms with Gasteiger partial charge in [-0.05, 0) is 63.2 Å². The van der Waals surface area contributed by atoms with E-state index in [1.807, 2.05) is 15.8 Å². The number of para-hydroxylation sites is 1. The van der Waals surface area contributed by atoms with Gasteiger partial charge in [-0.1, -0.05) is 6.07 Å². The first kappa shape index (κ1) is 23.9. The fourth-order valence-corrected chi connectivity index (χ4v) is 5.70. The summed E-state index contributed by atoms with van der Waals surface area (Å²) < 4.78 is 16.7. The number of nitrogens with zero attached hydrogens (tertiary/aromatic N) is 4. The Kier molecular flexibility index (Phi) is 7.40. The average molecular weight is 498 g/mol. The molecule has 4 N–H and O–H groups in total. The second-order valence-electron chi connectivity index (χ2n) is 9.45. The molecule has 2 aliphatic heterocycles. The van der Waals surface area contributed by atoms with Crippen LogP contribution in [-0.4, -0.2) is 52.9 Å². The van der Waals surface area contributed by atoms with Crippen LogP contribution in [0.1, 0.15) is 42.6 Å². The molecule has 0 spiro atoms. The predicted molar refractivity (Wildman–Crippen MR) is 137 cm³/mol. The number of amides is 1. The maximum atomic E-state index is 14.8. The smallest absolute Gasteiger partial charge is 0.275 e. The molecule has 5 rings (SSSR count). The first-order valence-electron chi connectivity index (χ1n) is 12.4. The van der Waals surface area contributed by atoms with E-state index in [0.717, 1.165) is 55.4 Å². The maximum absolute atomic E-state index is 14.8. The number of thiazole rings is 1. The monoisotopic (exact) mass is 497 g/mol. The van der Waals surface area contributed by atoms with E-state index >= 15 is 0 Å². The van der Waals surface area contributed by atoms with Crippen LogP contribution < -0.4 is 21.3 Å². The van der Waals surface area contributed by atoms with Gasteiger partial charge in [-0.25, -0.2) is 9.37 Å². The van der Waals surface area contributed by atoms with E-state index < -0.39 is 0 Å². The molecule has 10 heteroatoms. The van der Waals surface area contributed by atoms with Crippen molar-refractivity contribution in [1.82, 2.24) is 20.1 Å². The summed E-state index contributed by atoms with van der Waals surface area (Å²) in [6, 6.07) is 4.72. The Morgan fingerprint density at radius 1 is 1.29 bits per heavy atom. The standard InChI is InChI=1S/C25H32FN7OS/c26-20-4-1-5-21(23(20)32-11-2-3-19(27)15-32)30-24(34)22-16-35-25(31-22)18-13-29-33(14-18)12-8-17-6-9-28-10-7-17/h1,4-5,13-14,16-17,19,28H,2-3,6-12,15,27H2,(H,30,34)/t19-/m1/s1. The highest BCUT2D eigenvalue weighted by Gasteiger charge is 2.24. The molecule has 2 saturated heterocycles. The van der Waals surface area contributed by atoms with Crippen molar-refractivity contribution >= 4 is 28.6 Å². The third-order valence-corrected chi connectivity index (χ3v) is 7.74. The highest BCUT2D eigenvalue weighted by Crippen LogP contribution is 2.32. The topological polar surface area (TPSA) is 101 Å². The number of aromatic nitrogens is 3. The summed E-state index contributed by atoms with van der Waals surface area (Å²) in [5.74, 6) is 0.0131. The van der Waals surface area contributed by atoms with Crippen molar-refractivity contribution in [1.29, 1.82) is 0 Å². The number of anilines is 2. The van der Waals surface area contributed by atoms with Crippen LogP contribution in [0.25, 0.3) is 10.6 Å². The number of nitrogens with two attached hydrogens (primary N) is 1. The summed E-state index contributed by atoms with van der Waals surface area (Å²) in [7, 11) is 0. The lowest BCUT2D eigenvalue weighted by Crippen LogP contribution is -2.43. The van der Waals surface area contributed by atoms with Crippen LogP contribution in [0.2, 0.25) is 0 Å². The van der Waals surface area contributed by atoms with Crippen LogP contribution in [0, 0.1) is 11.7 Å².